The Morgan fingerprint density at radius 2 is 2.00 bits per heavy atom. The summed E-state index contributed by atoms with van der Waals surface area (Å²) < 4.78 is 5.22. The van der Waals surface area contributed by atoms with E-state index in [2.05, 4.69) is 14.9 Å². The van der Waals surface area contributed by atoms with Crippen molar-refractivity contribution in [3.63, 3.8) is 0 Å². The fraction of sp³-hybridized carbons (Fsp3) is 0.368. The number of hydrogen-bond donors (Lipinski definition) is 1. The molecular weight excluding hydrogens is 344 g/mol. The lowest BCUT2D eigenvalue weighted by Gasteiger charge is -2.26. The van der Waals surface area contributed by atoms with E-state index in [1.54, 1.807) is 7.11 Å². The second kappa shape index (κ2) is 6.76. The number of ether oxygens (including phenoxy) is 1. The number of rotatable bonds is 4. The predicted molar refractivity (Wildman–Crippen MR) is 100 cm³/mol. The van der Waals surface area contributed by atoms with E-state index in [0.29, 0.717) is 18.8 Å². The fourth-order valence-electron chi connectivity index (χ4n) is 3.85. The molecule has 4 rings (SSSR count). The van der Waals surface area contributed by atoms with E-state index in [1.165, 1.54) is 0 Å². The van der Waals surface area contributed by atoms with Crippen molar-refractivity contribution in [3.8, 4) is 11.8 Å². The van der Waals surface area contributed by atoms with Gasteiger partial charge in [-0.25, -0.2) is 9.97 Å². The Labute approximate surface area is 157 Å². The van der Waals surface area contributed by atoms with Crippen molar-refractivity contribution < 1.29 is 9.53 Å². The molecule has 1 amide bonds. The van der Waals surface area contributed by atoms with Crippen LogP contribution < -0.4 is 20.3 Å². The summed E-state index contributed by atoms with van der Waals surface area (Å²) in [6.45, 7) is 1.43. The zero-order valence-corrected chi connectivity index (χ0v) is 15.1. The van der Waals surface area contributed by atoms with Crippen molar-refractivity contribution in [2.24, 2.45) is 5.73 Å². The Balaban J connectivity index is 1.77. The Hall–Kier alpha value is -3.34. The molecule has 8 heteroatoms. The van der Waals surface area contributed by atoms with Crippen LogP contribution in [-0.2, 0) is 11.2 Å². The summed E-state index contributed by atoms with van der Waals surface area (Å²) in [6.07, 6.45) is 2.32. The quantitative estimate of drug-likeness (QED) is 0.876. The Kier molecular flexibility index (Phi) is 4.28. The molecule has 3 heterocycles. The van der Waals surface area contributed by atoms with E-state index >= 15 is 0 Å². The third-order valence-electron chi connectivity index (χ3n) is 5.14. The van der Waals surface area contributed by atoms with Gasteiger partial charge in [0.05, 0.1) is 7.11 Å². The van der Waals surface area contributed by atoms with Crippen LogP contribution in [0.1, 0.15) is 24.2 Å². The fourth-order valence-corrected chi connectivity index (χ4v) is 3.85. The van der Waals surface area contributed by atoms with Crippen LogP contribution in [0.4, 0.5) is 17.3 Å². The van der Waals surface area contributed by atoms with Gasteiger partial charge in [0.1, 0.15) is 29.5 Å². The van der Waals surface area contributed by atoms with Crippen molar-refractivity contribution in [1.82, 2.24) is 9.97 Å². The highest BCUT2D eigenvalue weighted by molar-refractivity contribution is 5.85. The summed E-state index contributed by atoms with van der Waals surface area (Å²) in [5.41, 5.74) is 7.50. The lowest BCUT2D eigenvalue weighted by molar-refractivity contribution is -0.119. The first-order chi connectivity index (χ1) is 13.1. The van der Waals surface area contributed by atoms with Crippen LogP contribution in [0, 0.1) is 11.3 Å². The van der Waals surface area contributed by atoms with Gasteiger partial charge in [0, 0.05) is 24.3 Å². The molecule has 0 aliphatic carbocycles. The zero-order chi connectivity index (χ0) is 19.0. The molecule has 1 aromatic carbocycles. The molecule has 1 saturated heterocycles. The lowest BCUT2D eigenvalue weighted by Crippen LogP contribution is -2.41. The van der Waals surface area contributed by atoms with E-state index in [-0.39, 0.29) is 17.8 Å². The molecular formula is C19H20N6O2. The summed E-state index contributed by atoms with van der Waals surface area (Å²) in [6, 6.07) is 9.37. The highest BCUT2D eigenvalue weighted by atomic mass is 16.5. The number of anilines is 3. The molecule has 2 aliphatic heterocycles. The normalized spacial score (nSPS) is 18.3. The minimum absolute atomic E-state index is 0.0966. The molecule has 0 radical (unpaired) electrons. The number of fused-ring (bicyclic) bond motifs is 1. The number of methoxy groups -OCH3 is 1. The number of hydrogen-bond acceptors (Lipinski definition) is 7. The van der Waals surface area contributed by atoms with E-state index in [9.17, 15) is 10.1 Å². The largest absolute Gasteiger partial charge is 0.497 e. The molecule has 2 aromatic rings. The minimum Gasteiger partial charge on any atom is -0.497 e. The van der Waals surface area contributed by atoms with Gasteiger partial charge in [-0.3, -0.25) is 4.79 Å². The van der Waals surface area contributed by atoms with Gasteiger partial charge in [-0.15, -0.1) is 0 Å². The molecule has 138 valence electrons. The van der Waals surface area contributed by atoms with E-state index in [0.717, 1.165) is 42.2 Å². The number of carbonyl (C=O) groups is 1. The number of carbonyl (C=O) groups excluding carboxylic acids is 1. The molecule has 0 spiro atoms. The summed E-state index contributed by atoms with van der Waals surface area (Å²) in [5.74, 6) is 1.90. The lowest BCUT2D eigenvalue weighted by atomic mass is 10.2. The van der Waals surface area contributed by atoms with Gasteiger partial charge in [0.25, 0.3) is 0 Å². The van der Waals surface area contributed by atoms with Gasteiger partial charge in [0.2, 0.25) is 11.7 Å². The van der Waals surface area contributed by atoms with Gasteiger partial charge < -0.3 is 20.3 Å². The summed E-state index contributed by atoms with van der Waals surface area (Å²) >= 11 is 0. The Morgan fingerprint density at radius 1 is 1.26 bits per heavy atom. The highest BCUT2D eigenvalue weighted by Crippen LogP contribution is 2.39. The van der Waals surface area contributed by atoms with Crippen LogP contribution in [0.3, 0.4) is 0 Å². The van der Waals surface area contributed by atoms with Gasteiger partial charge in [0.15, 0.2) is 0 Å². The van der Waals surface area contributed by atoms with Gasteiger partial charge in [-0.2, -0.15) is 5.26 Å². The van der Waals surface area contributed by atoms with Crippen molar-refractivity contribution in [1.29, 1.82) is 5.26 Å². The molecule has 1 aromatic heterocycles. The van der Waals surface area contributed by atoms with Crippen LogP contribution in [0.15, 0.2) is 24.3 Å². The number of aromatic nitrogens is 2. The van der Waals surface area contributed by atoms with Crippen LogP contribution >= 0.6 is 0 Å². The number of nitrogens with two attached hydrogens (primary N) is 1. The average Bonchev–Trinajstić information content (AvgIpc) is 3.34. The number of amides is 1. The summed E-state index contributed by atoms with van der Waals surface area (Å²) in [4.78, 5) is 24.7. The molecule has 0 unspecified atom stereocenters. The van der Waals surface area contributed by atoms with Gasteiger partial charge in [-0.05, 0) is 43.5 Å². The number of benzene rings is 1. The van der Waals surface area contributed by atoms with E-state index in [1.807, 2.05) is 35.2 Å². The Morgan fingerprint density at radius 3 is 2.67 bits per heavy atom. The molecule has 2 N–H and O–H groups in total. The SMILES string of the molecule is COc1ccc(N2CCc3c2nc(C#N)nc3N2CCC[C@H]2C(N)=O)cc1. The first-order valence-electron chi connectivity index (χ1n) is 8.91. The number of primary amides is 1. The molecule has 2 aliphatic rings. The maximum absolute atomic E-state index is 11.8. The van der Waals surface area contributed by atoms with Crippen molar-refractivity contribution >= 4 is 23.2 Å². The number of nitriles is 1. The van der Waals surface area contributed by atoms with Crippen molar-refractivity contribution in [3.05, 3.63) is 35.7 Å². The van der Waals surface area contributed by atoms with Crippen LogP contribution in [0.2, 0.25) is 0 Å². The van der Waals surface area contributed by atoms with Gasteiger partial charge >= 0.3 is 0 Å². The van der Waals surface area contributed by atoms with Crippen molar-refractivity contribution in [2.75, 3.05) is 30.0 Å². The minimum atomic E-state index is -0.384. The molecule has 8 nitrogen and oxygen atoms in total. The number of nitrogens with zero attached hydrogens (tertiary/aromatic N) is 5. The monoisotopic (exact) mass is 364 g/mol. The Bertz CT molecular complexity index is 921. The topological polar surface area (TPSA) is 108 Å². The molecule has 1 atom stereocenters. The smallest absolute Gasteiger partial charge is 0.240 e. The third-order valence-corrected chi connectivity index (χ3v) is 5.14. The third kappa shape index (κ3) is 2.91. The van der Waals surface area contributed by atoms with Crippen molar-refractivity contribution in [2.45, 2.75) is 25.3 Å². The van der Waals surface area contributed by atoms with E-state index < -0.39 is 0 Å². The summed E-state index contributed by atoms with van der Waals surface area (Å²) in [7, 11) is 1.63. The molecule has 0 bridgehead atoms. The van der Waals surface area contributed by atoms with E-state index in [4.69, 9.17) is 10.5 Å². The highest BCUT2D eigenvalue weighted by Gasteiger charge is 2.35. The first kappa shape index (κ1) is 17.1. The maximum Gasteiger partial charge on any atom is 0.240 e. The summed E-state index contributed by atoms with van der Waals surface area (Å²) in [5, 5.41) is 9.42. The average molecular weight is 364 g/mol. The standard InChI is InChI=1S/C19H20N6O2/c1-27-13-6-4-12(5-7-13)24-10-8-14-18(24)22-16(11-20)23-19(14)25-9-2-3-15(25)17(21)26/h4-7,15H,2-3,8-10H2,1H3,(H2,21,26)/t15-/m0/s1. The molecule has 1 fully saturated rings. The first-order valence-corrected chi connectivity index (χ1v) is 8.91. The maximum atomic E-state index is 11.8. The van der Waals surface area contributed by atoms with Crippen LogP contribution in [-0.4, -0.2) is 42.1 Å². The predicted octanol–water partition coefficient (Wildman–Crippen LogP) is 1.51. The second-order valence-electron chi connectivity index (χ2n) is 6.64. The molecule has 27 heavy (non-hydrogen) atoms. The van der Waals surface area contributed by atoms with Crippen LogP contribution in [0.5, 0.6) is 5.75 Å². The second-order valence-corrected chi connectivity index (χ2v) is 6.64. The zero-order valence-electron chi connectivity index (χ0n) is 15.1. The van der Waals surface area contributed by atoms with Gasteiger partial charge in [-0.1, -0.05) is 0 Å². The van der Waals surface area contributed by atoms with Crippen LogP contribution in [0.25, 0.3) is 0 Å². The molecule has 0 saturated carbocycles.